The molecule has 4 N–H and O–H groups in total. The summed E-state index contributed by atoms with van der Waals surface area (Å²) < 4.78 is 0. The molecule has 0 aliphatic heterocycles. The Morgan fingerprint density at radius 2 is 2.25 bits per heavy atom. The van der Waals surface area contributed by atoms with E-state index in [1.165, 1.54) is 0 Å². The number of hydrogen-bond donors (Lipinski definition) is 3. The minimum atomic E-state index is -0.931. The molecule has 0 saturated heterocycles. The van der Waals surface area contributed by atoms with Gasteiger partial charge in [0.1, 0.15) is 6.04 Å². The highest BCUT2D eigenvalue weighted by atomic mass is 16.4. The minimum absolute atomic E-state index is 0.510. The number of nitrogens with zero attached hydrogens (tertiary/aromatic N) is 1. The molecule has 0 aliphatic carbocycles. The van der Waals surface area contributed by atoms with Gasteiger partial charge in [0, 0.05) is 20.6 Å². The summed E-state index contributed by atoms with van der Waals surface area (Å²) in [6.45, 7) is 0.758. The third-order valence-corrected chi connectivity index (χ3v) is 1.44. The van der Waals surface area contributed by atoms with Gasteiger partial charge >= 0.3 is 5.97 Å². The fourth-order valence-corrected chi connectivity index (χ4v) is 0.748. The van der Waals surface area contributed by atoms with E-state index in [-0.39, 0.29) is 0 Å². The molecule has 5 nitrogen and oxygen atoms in total. The third-order valence-electron chi connectivity index (χ3n) is 1.44. The quantitative estimate of drug-likeness (QED) is 0.365. The Kier molecular flexibility index (Phi) is 5.61. The van der Waals surface area contributed by atoms with Gasteiger partial charge < -0.3 is 10.8 Å². The molecule has 0 fully saturated rings. The van der Waals surface area contributed by atoms with Crippen molar-refractivity contribution in [1.82, 2.24) is 10.4 Å². The Bertz CT molecular complexity index is 139. The van der Waals surface area contributed by atoms with Crippen molar-refractivity contribution in [3.63, 3.8) is 0 Å². The van der Waals surface area contributed by atoms with Crippen molar-refractivity contribution in [3.8, 4) is 0 Å². The van der Waals surface area contributed by atoms with E-state index in [4.69, 9.17) is 10.8 Å². The predicted molar refractivity (Wildman–Crippen MR) is 46.5 cm³/mol. The highest BCUT2D eigenvalue weighted by Gasteiger charge is 2.09. The number of hydrogen-bond acceptors (Lipinski definition) is 4. The van der Waals surface area contributed by atoms with E-state index in [1.807, 2.05) is 19.1 Å². The van der Waals surface area contributed by atoms with Crippen LogP contribution in [0.3, 0.4) is 0 Å². The molecule has 72 valence electrons. The molecule has 0 aromatic rings. The van der Waals surface area contributed by atoms with Crippen LogP contribution < -0.4 is 11.2 Å². The number of carboxylic acid groups (broad SMARTS) is 1. The van der Waals surface area contributed by atoms with Crippen LogP contribution in [0.2, 0.25) is 0 Å². The van der Waals surface area contributed by atoms with Crippen molar-refractivity contribution >= 4 is 5.97 Å². The van der Waals surface area contributed by atoms with Crippen molar-refractivity contribution < 1.29 is 9.90 Å². The molecule has 0 saturated carbocycles. The van der Waals surface area contributed by atoms with Crippen molar-refractivity contribution in [2.24, 2.45) is 5.73 Å². The van der Waals surface area contributed by atoms with Crippen LogP contribution in [0.1, 0.15) is 12.8 Å². The molecule has 0 aliphatic rings. The Hall–Kier alpha value is -0.650. The molecule has 0 spiro atoms. The molecule has 0 aromatic heterocycles. The lowest BCUT2D eigenvalue weighted by atomic mass is 10.2. The van der Waals surface area contributed by atoms with Crippen molar-refractivity contribution in [1.29, 1.82) is 0 Å². The number of nitrogens with one attached hydrogen (secondary N) is 1. The molecule has 0 radical (unpaired) electrons. The number of rotatable bonds is 6. The van der Waals surface area contributed by atoms with Crippen molar-refractivity contribution in [3.05, 3.63) is 0 Å². The van der Waals surface area contributed by atoms with Crippen LogP contribution in [0, 0.1) is 0 Å². The monoisotopic (exact) mass is 175 g/mol. The maximum atomic E-state index is 10.3. The summed E-state index contributed by atoms with van der Waals surface area (Å²) in [4.78, 5) is 10.3. The second kappa shape index (κ2) is 5.93. The molecule has 0 amide bonds. The first-order chi connectivity index (χ1) is 5.54. The topological polar surface area (TPSA) is 78.6 Å². The van der Waals surface area contributed by atoms with Crippen molar-refractivity contribution in [2.75, 3.05) is 20.6 Å². The van der Waals surface area contributed by atoms with Gasteiger partial charge in [-0.3, -0.25) is 15.2 Å². The number of aliphatic carboxylic acids is 1. The first-order valence-electron chi connectivity index (χ1n) is 3.93. The van der Waals surface area contributed by atoms with E-state index in [0.717, 1.165) is 13.0 Å². The Labute approximate surface area is 72.5 Å². The van der Waals surface area contributed by atoms with Crippen LogP contribution in [0.4, 0.5) is 0 Å². The zero-order valence-corrected chi connectivity index (χ0v) is 7.58. The van der Waals surface area contributed by atoms with Crippen LogP contribution in [-0.4, -0.2) is 42.8 Å². The summed E-state index contributed by atoms with van der Waals surface area (Å²) in [6.07, 6.45) is 1.28. The zero-order valence-electron chi connectivity index (χ0n) is 7.58. The smallest absolute Gasteiger partial charge is 0.320 e. The van der Waals surface area contributed by atoms with Gasteiger partial charge in [0.05, 0.1) is 0 Å². The average molecular weight is 175 g/mol. The van der Waals surface area contributed by atoms with E-state index in [2.05, 4.69) is 5.43 Å². The van der Waals surface area contributed by atoms with Gasteiger partial charge in [0.25, 0.3) is 0 Å². The van der Waals surface area contributed by atoms with Gasteiger partial charge in [0.15, 0.2) is 0 Å². The summed E-state index contributed by atoms with van der Waals surface area (Å²) >= 11 is 0. The van der Waals surface area contributed by atoms with Gasteiger partial charge in [-0.1, -0.05) is 0 Å². The molecule has 12 heavy (non-hydrogen) atoms. The van der Waals surface area contributed by atoms with Crippen LogP contribution in [0.25, 0.3) is 0 Å². The maximum Gasteiger partial charge on any atom is 0.320 e. The van der Waals surface area contributed by atoms with Gasteiger partial charge in [-0.25, -0.2) is 0 Å². The predicted octanol–water partition coefficient (Wildman–Crippen LogP) is -0.755. The number of nitrogens with two attached hydrogens (primary N) is 1. The molecular formula is C7H17N3O2. The third kappa shape index (κ3) is 6.09. The minimum Gasteiger partial charge on any atom is -0.480 e. The van der Waals surface area contributed by atoms with Crippen LogP contribution in [0.15, 0.2) is 0 Å². The first-order valence-corrected chi connectivity index (χ1v) is 3.93. The summed E-state index contributed by atoms with van der Waals surface area (Å²) in [6, 6.07) is -0.728. The van der Waals surface area contributed by atoms with Gasteiger partial charge in [-0.2, -0.15) is 0 Å². The Morgan fingerprint density at radius 3 is 2.67 bits per heavy atom. The Balaban J connectivity index is 3.25. The molecule has 0 bridgehead atoms. The molecule has 5 heteroatoms. The summed E-state index contributed by atoms with van der Waals surface area (Å²) in [7, 11) is 3.77. The van der Waals surface area contributed by atoms with E-state index < -0.39 is 12.0 Å². The summed E-state index contributed by atoms with van der Waals surface area (Å²) in [5.74, 6) is -0.931. The standard InChI is InChI=1S/C7H17N3O2/c1-10(2)9-5-3-4-6(8)7(11)12/h6,9H,3-5,8H2,1-2H3,(H,11,12). The summed E-state index contributed by atoms with van der Waals surface area (Å²) in [5, 5.41) is 10.3. The van der Waals surface area contributed by atoms with E-state index in [0.29, 0.717) is 6.42 Å². The molecule has 1 atom stereocenters. The second-order valence-corrected chi connectivity index (χ2v) is 2.89. The number of hydrazine groups is 1. The Morgan fingerprint density at radius 1 is 1.67 bits per heavy atom. The normalized spacial score (nSPS) is 13.3. The lowest BCUT2D eigenvalue weighted by Gasteiger charge is -2.12. The van der Waals surface area contributed by atoms with Gasteiger partial charge in [0.2, 0.25) is 0 Å². The molecule has 0 heterocycles. The fraction of sp³-hybridized carbons (Fsp3) is 0.857. The lowest BCUT2D eigenvalue weighted by molar-refractivity contribution is -0.138. The number of carboxylic acids is 1. The highest BCUT2D eigenvalue weighted by molar-refractivity contribution is 5.72. The zero-order chi connectivity index (χ0) is 9.56. The lowest BCUT2D eigenvalue weighted by Crippen LogP contribution is -2.34. The highest BCUT2D eigenvalue weighted by Crippen LogP contribution is 1.92. The largest absolute Gasteiger partial charge is 0.480 e. The van der Waals surface area contributed by atoms with Gasteiger partial charge in [-0.05, 0) is 12.8 Å². The number of carbonyl (C=O) groups is 1. The van der Waals surface area contributed by atoms with Crippen LogP contribution in [0.5, 0.6) is 0 Å². The van der Waals surface area contributed by atoms with E-state index in [1.54, 1.807) is 0 Å². The van der Waals surface area contributed by atoms with E-state index in [9.17, 15) is 4.79 Å². The maximum absolute atomic E-state index is 10.3. The second-order valence-electron chi connectivity index (χ2n) is 2.89. The molecule has 0 rings (SSSR count). The first kappa shape index (κ1) is 11.4. The average Bonchev–Trinajstić information content (AvgIpc) is 1.97. The van der Waals surface area contributed by atoms with Crippen LogP contribution >= 0.6 is 0 Å². The summed E-state index contributed by atoms with van der Waals surface area (Å²) in [5.41, 5.74) is 8.32. The van der Waals surface area contributed by atoms with Gasteiger partial charge in [-0.15, -0.1) is 0 Å². The SMILES string of the molecule is CN(C)NCCCC(N)C(=O)O. The van der Waals surface area contributed by atoms with Crippen LogP contribution in [-0.2, 0) is 4.79 Å². The molecule has 0 aromatic carbocycles. The van der Waals surface area contributed by atoms with Crippen molar-refractivity contribution in [2.45, 2.75) is 18.9 Å². The van der Waals surface area contributed by atoms with E-state index >= 15 is 0 Å². The molecular weight excluding hydrogens is 158 g/mol. The molecule has 1 unspecified atom stereocenters. The fourth-order valence-electron chi connectivity index (χ4n) is 0.748.